The Morgan fingerprint density at radius 2 is 1.95 bits per heavy atom. The van der Waals surface area contributed by atoms with Crippen LogP contribution in [0.3, 0.4) is 0 Å². The highest BCUT2D eigenvalue weighted by molar-refractivity contribution is 5.88. The van der Waals surface area contributed by atoms with Crippen molar-refractivity contribution < 1.29 is 14.7 Å². The minimum atomic E-state index is -0.998. The molecule has 1 fully saturated rings. The lowest BCUT2D eigenvalue weighted by molar-refractivity contribution is -0.145. The van der Waals surface area contributed by atoms with Gasteiger partial charge in [0, 0.05) is 0 Å². The first-order valence-corrected chi connectivity index (χ1v) is 6.61. The average molecular weight is 261 g/mol. The molecule has 1 aliphatic carbocycles. The van der Waals surface area contributed by atoms with Gasteiger partial charge >= 0.3 is 5.97 Å². The van der Waals surface area contributed by atoms with Gasteiger partial charge in [0.25, 0.3) is 0 Å². The summed E-state index contributed by atoms with van der Waals surface area (Å²) in [5.41, 5.74) is 0.714. The largest absolute Gasteiger partial charge is 0.480 e. The Balaban J connectivity index is 2.06. The first-order chi connectivity index (χ1) is 9.03. The molecule has 0 bridgehead atoms. The molecule has 0 spiro atoms. The molecule has 2 rings (SSSR count). The Bertz CT molecular complexity index is 466. The van der Waals surface area contributed by atoms with E-state index in [1.165, 1.54) is 6.92 Å². The first kappa shape index (κ1) is 13.6. The lowest BCUT2D eigenvalue weighted by Crippen LogP contribution is -2.51. The van der Waals surface area contributed by atoms with Crippen LogP contribution in [0.5, 0.6) is 0 Å². The van der Waals surface area contributed by atoms with Crippen molar-refractivity contribution in [1.29, 1.82) is 0 Å². The summed E-state index contributed by atoms with van der Waals surface area (Å²) in [5, 5.41) is 11.5. The number of rotatable bonds is 5. The van der Waals surface area contributed by atoms with Gasteiger partial charge < -0.3 is 10.4 Å². The van der Waals surface area contributed by atoms with E-state index < -0.39 is 17.4 Å². The molecule has 0 unspecified atom stereocenters. The number of carboxylic acid groups (broad SMARTS) is 1. The molecule has 0 aliphatic heterocycles. The Kier molecular flexibility index (Phi) is 3.88. The zero-order valence-corrected chi connectivity index (χ0v) is 11.1. The lowest BCUT2D eigenvalue weighted by Gasteiger charge is -2.40. The number of benzene rings is 1. The predicted molar refractivity (Wildman–Crippen MR) is 71.7 cm³/mol. The van der Waals surface area contributed by atoms with E-state index in [2.05, 4.69) is 5.32 Å². The summed E-state index contributed by atoms with van der Waals surface area (Å²) in [5.74, 6) is -1.12. The number of hydrogen-bond donors (Lipinski definition) is 2. The topological polar surface area (TPSA) is 66.4 Å². The van der Waals surface area contributed by atoms with Crippen LogP contribution in [0.2, 0.25) is 0 Å². The second kappa shape index (κ2) is 5.43. The fraction of sp³-hybridized carbons (Fsp3) is 0.467. The van der Waals surface area contributed by atoms with Crippen molar-refractivity contribution in [1.82, 2.24) is 5.32 Å². The van der Waals surface area contributed by atoms with Gasteiger partial charge in [0.05, 0.1) is 5.41 Å². The molecule has 1 saturated carbocycles. The second-order valence-electron chi connectivity index (χ2n) is 5.33. The normalized spacial score (nSPS) is 18.2. The van der Waals surface area contributed by atoms with E-state index in [-0.39, 0.29) is 5.91 Å². The van der Waals surface area contributed by atoms with Crippen LogP contribution in [0.4, 0.5) is 0 Å². The van der Waals surface area contributed by atoms with E-state index in [1.54, 1.807) is 0 Å². The highest BCUT2D eigenvalue weighted by Crippen LogP contribution is 2.44. The van der Waals surface area contributed by atoms with E-state index in [0.717, 1.165) is 24.8 Å². The zero-order chi connectivity index (χ0) is 13.9. The van der Waals surface area contributed by atoms with Gasteiger partial charge in [-0.15, -0.1) is 0 Å². The standard InChI is InChI=1S/C15H19NO3/c1-11(13(17)18)16-14(19)15(8-5-9-15)10-12-6-3-2-4-7-12/h2-4,6-7,11H,5,8-10H2,1H3,(H,16,19)(H,17,18)/t11-/m0/s1. The van der Waals surface area contributed by atoms with Crippen LogP contribution >= 0.6 is 0 Å². The van der Waals surface area contributed by atoms with Crippen LogP contribution in [0.25, 0.3) is 0 Å². The van der Waals surface area contributed by atoms with Crippen LogP contribution in [-0.4, -0.2) is 23.0 Å². The number of amides is 1. The number of carbonyl (C=O) groups excluding carboxylic acids is 1. The van der Waals surface area contributed by atoms with Crippen molar-refractivity contribution in [2.75, 3.05) is 0 Å². The molecular weight excluding hydrogens is 242 g/mol. The second-order valence-corrected chi connectivity index (χ2v) is 5.33. The summed E-state index contributed by atoms with van der Waals surface area (Å²) in [6.45, 7) is 1.50. The smallest absolute Gasteiger partial charge is 0.325 e. The molecule has 102 valence electrons. The third-order valence-corrected chi connectivity index (χ3v) is 3.90. The fourth-order valence-electron chi connectivity index (χ4n) is 2.49. The fourth-order valence-corrected chi connectivity index (χ4v) is 2.49. The monoisotopic (exact) mass is 261 g/mol. The molecule has 0 radical (unpaired) electrons. The maximum absolute atomic E-state index is 12.3. The molecule has 4 nitrogen and oxygen atoms in total. The van der Waals surface area contributed by atoms with Gasteiger partial charge in [0.15, 0.2) is 0 Å². The molecule has 19 heavy (non-hydrogen) atoms. The Morgan fingerprint density at radius 1 is 1.32 bits per heavy atom. The summed E-state index contributed by atoms with van der Waals surface area (Å²) in [7, 11) is 0. The summed E-state index contributed by atoms with van der Waals surface area (Å²) in [6.07, 6.45) is 3.38. The SMILES string of the molecule is C[C@H](NC(=O)C1(Cc2ccccc2)CCC1)C(=O)O. The Hall–Kier alpha value is -1.84. The van der Waals surface area contributed by atoms with Gasteiger partial charge in [-0.05, 0) is 31.7 Å². The van der Waals surface area contributed by atoms with Crippen molar-refractivity contribution in [2.24, 2.45) is 5.41 Å². The third kappa shape index (κ3) is 2.95. The zero-order valence-electron chi connectivity index (χ0n) is 11.1. The maximum atomic E-state index is 12.3. The van der Waals surface area contributed by atoms with Gasteiger partial charge in [-0.3, -0.25) is 9.59 Å². The molecule has 1 aromatic carbocycles. The summed E-state index contributed by atoms with van der Waals surface area (Å²) < 4.78 is 0. The average Bonchev–Trinajstić information content (AvgIpc) is 2.34. The molecule has 0 heterocycles. The maximum Gasteiger partial charge on any atom is 0.325 e. The van der Waals surface area contributed by atoms with Gasteiger partial charge in [-0.1, -0.05) is 36.8 Å². The van der Waals surface area contributed by atoms with Crippen LogP contribution in [-0.2, 0) is 16.0 Å². The molecule has 1 atom stereocenters. The minimum absolute atomic E-state index is 0.127. The van der Waals surface area contributed by atoms with E-state index in [4.69, 9.17) is 5.11 Å². The van der Waals surface area contributed by atoms with Crippen molar-refractivity contribution in [3.05, 3.63) is 35.9 Å². The highest BCUT2D eigenvalue weighted by Gasteiger charge is 2.44. The summed E-state index contributed by atoms with van der Waals surface area (Å²) >= 11 is 0. The van der Waals surface area contributed by atoms with Crippen LogP contribution in [0, 0.1) is 5.41 Å². The first-order valence-electron chi connectivity index (χ1n) is 6.61. The quantitative estimate of drug-likeness (QED) is 0.851. The number of hydrogen-bond acceptors (Lipinski definition) is 2. The van der Waals surface area contributed by atoms with E-state index in [9.17, 15) is 9.59 Å². The van der Waals surface area contributed by atoms with Gasteiger partial charge in [-0.25, -0.2) is 0 Å². The highest BCUT2D eigenvalue weighted by atomic mass is 16.4. The molecule has 0 saturated heterocycles. The van der Waals surface area contributed by atoms with Crippen molar-refractivity contribution >= 4 is 11.9 Å². The Labute approximate surface area is 112 Å². The third-order valence-electron chi connectivity index (χ3n) is 3.90. The Morgan fingerprint density at radius 3 is 2.42 bits per heavy atom. The molecule has 1 aliphatic rings. The molecule has 2 N–H and O–H groups in total. The predicted octanol–water partition coefficient (Wildman–Crippen LogP) is 1.99. The number of nitrogens with one attached hydrogen (secondary N) is 1. The number of carbonyl (C=O) groups is 2. The molecule has 1 amide bonds. The van der Waals surface area contributed by atoms with Crippen LogP contribution < -0.4 is 5.32 Å². The number of aliphatic carboxylic acids is 1. The van der Waals surface area contributed by atoms with Crippen molar-refractivity contribution in [3.8, 4) is 0 Å². The molecule has 1 aromatic rings. The van der Waals surface area contributed by atoms with Gasteiger partial charge in [0.2, 0.25) is 5.91 Å². The van der Waals surface area contributed by atoms with E-state index >= 15 is 0 Å². The number of carboxylic acids is 1. The molecular formula is C15H19NO3. The van der Waals surface area contributed by atoms with Crippen molar-refractivity contribution in [2.45, 2.75) is 38.6 Å². The van der Waals surface area contributed by atoms with Gasteiger partial charge in [-0.2, -0.15) is 0 Å². The molecule has 4 heteroatoms. The minimum Gasteiger partial charge on any atom is -0.480 e. The van der Waals surface area contributed by atoms with Gasteiger partial charge in [0.1, 0.15) is 6.04 Å². The van der Waals surface area contributed by atoms with E-state index in [0.29, 0.717) is 6.42 Å². The van der Waals surface area contributed by atoms with Crippen LogP contribution in [0.1, 0.15) is 31.7 Å². The van der Waals surface area contributed by atoms with E-state index in [1.807, 2.05) is 30.3 Å². The van der Waals surface area contributed by atoms with Crippen molar-refractivity contribution in [3.63, 3.8) is 0 Å². The molecule has 0 aromatic heterocycles. The van der Waals surface area contributed by atoms with Crippen LogP contribution in [0.15, 0.2) is 30.3 Å². The summed E-state index contributed by atoms with van der Waals surface area (Å²) in [4.78, 5) is 23.1. The summed E-state index contributed by atoms with van der Waals surface area (Å²) in [6, 6.07) is 9.05. The lowest BCUT2D eigenvalue weighted by atomic mass is 9.64.